The summed E-state index contributed by atoms with van der Waals surface area (Å²) in [6.07, 6.45) is 9.78. The van der Waals surface area contributed by atoms with Crippen LogP contribution in [-0.2, 0) is 28.7 Å². The number of ketones is 2. The second kappa shape index (κ2) is 19.5. The van der Waals surface area contributed by atoms with Crippen LogP contribution in [0.4, 0.5) is 5.13 Å². The molecular formula is C49H64ClN5O8S. The minimum absolute atomic E-state index is 0.0118. The van der Waals surface area contributed by atoms with Gasteiger partial charge in [-0.1, -0.05) is 43.7 Å². The topological polar surface area (TPSA) is 149 Å². The molecular weight excluding hydrogens is 854 g/mol. The van der Waals surface area contributed by atoms with Gasteiger partial charge < -0.3 is 29.2 Å². The number of Topliss-reactive ketones (excluding diaryl/α,β-unsaturated/α-hetero) is 2. The molecule has 2 aromatic heterocycles. The molecule has 3 saturated carbocycles. The monoisotopic (exact) mass is 917 g/mol. The predicted octanol–water partition coefficient (Wildman–Crippen LogP) is 8.54. The van der Waals surface area contributed by atoms with Crippen LogP contribution in [0.5, 0.6) is 11.5 Å². The molecule has 5 heterocycles. The molecule has 1 unspecified atom stereocenters. The van der Waals surface area contributed by atoms with Crippen molar-refractivity contribution in [3.8, 4) is 22.9 Å². The molecule has 6 fully saturated rings. The smallest absolute Gasteiger partial charge is 0.306 e. The van der Waals surface area contributed by atoms with Gasteiger partial charge in [-0.05, 0) is 89.2 Å². The van der Waals surface area contributed by atoms with Gasteiger partial charge in [-0.2, -0.15) is 0 Å². The van der Waals surface area contributed by atoms with Crippen LogP contribution in [0.25, 0.3) is 22.3 Å². The van der Waals surface area contributed by atoms with Gasteiger partial charge in [-0.15, -0.1) is 11.3 Å². The summed E-state index contributed by atoms with van der Waals surface area (Å²) in [5.74, 6) is 1.29. The zero-order chi connectivity index (χ0) is 44.5. The number of ether oxygens (including phenoxy) is 4. The Balaban J connectivity index is 1.01. The Labute approximate surface area is 385 Å². The molecule has 64 heavy (non-hydrogen) atoms. The number of carbonyl (C=O) groups excluding carboxylic acids is 4. The number of esters is 1. The zero-order valence-corrected chi connectivity index (χ0v) is 39.2. The van der Waals surface area contributed by atoms with Crippen LogP contribution in [0, 0.1) is 29.1 Å². The Hall–Kier alpha value is -3.85. The van der Waals surface area contributed by atoms with E-state index in [4.69, 9.17) is 40.5 Å². The third-order valence-electron chi connectivity index (χ3n) is 14.8. The molecule has 3 aliphatic carbocycles. The van der Waals surface area contributed by atoms with Crippen molar-refractivity contribution >= 4 is 62.4 Å². The molecule has 0 bridgehead atoms. The second-order valence-electron chi connectivity index (χ2n) is 19.7. The maximum absolute atomic E-state index is 14.9. The summed E-state index contributed by atoms with van der Waals surface area (Å²) < 4.78 is 24.7. The van der Waals surface area contributed by atoms with E-state index in [1.54, 1.807) is 11.8 Å². The fraction of sp³-hybridized carbons (Fsp3) is 0.673. The van der Waals surface area contributed by atoms with Crippen LogP contribution in [0.3, 0.4) is 0 Å². The lowest BCUT2D eigenvalue weighted by molar-refractivity contribution is -0.154. The van der Waals surface area contributed by atoms with E-state index < -0.39 is 23.5 Å². The minimum Gasteiger partial charge on any atom is -0.491 e. The van der Waals surface area contributed by atoms with Crippen molar-refractivity contribution in [3.05, 3.63) is 28.6 Å². The largest absolute Gasteiger partial charge is 0.491 e. The number of amides is 1. The van der Waals surface area contributed by atoms with Crippen LogP contribution in [0.15, 0.2) is 23.6 Å². The molecule has 13 nitrogen and oxygen atoms in total. The number of thiazole rings is 1. The molecule has 3 aliphatic heterocycles. The molecule has 1 amide bonds. The number of aromatic nitrogens is 2. The first-order valence-electron chi connectivity index (χ1n) is 23.9. The van der Waals surface area contributed by atoms with Crippen molar-refractivity contribution in [2.75, 3.05) is 51.3 Å². The van der Waals surface area contributed by atoms with Gasteiger partial charge in [-0.25, -0.2) is 9.97 Å². The van der Waals surface area contributed by atoms with Crippen molar-refractivity contribution in [2.45, 2.75) is 135 Å². The molecule has 0 spiro atoms. The normalized spacial score (nSPS) is 30.0. The van der Waals surface area contributed by atoms with Gasteiger partial charge in [0.1, 0.15) is 46.8 Å². The van der Waals surface area contributed by atoms with Crippen LogP contribution >= 0.6 is 22.9 Å². The molecule has 3 aromatic rings. The van der Waals surface area contributed by atoms with Crippen LogP contribution < -0.4 is 14.8 Å². The average Bonchev–Trinajstić information content (AvgIpc) is 3.92. The first-order chi connectivity index (χ1) is 30.9. The van der Waals surface area contributed by atoms with Crippen molar-refractivity contribution in [1.82, 2.24) is 19.8 Å². The summed E-state index contributed by atoms with van der Waals surface area (Å²) >= 11 is 8.64. The Morgan fingerprint density at radius 3 is 2.50 bits per heavy atom. The third-order valence-corrected chi connectivity index (χ3v) is 15.9. The quantitative estimate of drug-likeness (QED) is 0.164. The van der Waals surface area contributed by atoms with E-state index >= 15 is 0 Å². The number of hydrogen-bond acceptors (Lipinski definition) is 13. The molecule has 1 N–H and O–H groups in total. The molecule has 346 valence electrons. The highest BCUT2D eigenvalue weighted by Crippen LogP contribution is 2.59. The van der Waals surface area contributed by atoms with Crippen LogP contribution in [0.1, 0.15) is 111 Å². The number of anilines is 1. The van der Waals surface area contributed by atoms with Crippen molar-refractivity contribution in [2.24, 2.45) is 29.1 Å². The maximum Gasteiger partial charge on any atom is 0.306 e. The average molecular weight is 919 g/mol. The molecule has 9 rings (SSSR count). The summed E-state index contributed by atoms with van der Waals surface area (Å²) in [6, 6.07) is 4.98. The number of morpholine rings is 1. The van der Waals surface area contributed by atoms with E-state index in [1.165, 1.54) is 17.8 Å². The van der Waals surface area contributed by atoms with Gasteiger partial charge in [0.15, 0.2) is 10.9 Å². The number of pyridine rings is 1. The first kappa shape index (κ1) is 45.3. The Morgan fingerprint density at radius 2 is 1.73 bits per heavy atom. The lowest BCUT2D eigenvalue weighted by Gasteiger charge is -2.29. The molecule has 6 aliphatic rings. The lowest BCUT2D eigenvalue weighted by atomic mass is 9.87. The SMILES string of the molecule is CC(=O)[C@]12CC(=O)[C@@H]3C[C@@H](Oc4cc(-c5csc(NC(C)C)n5)nc5c(Cl)c(OCCN6CCOCC6)ccc45)CN3C(=O)[C@@H](CC(=O)OC3C[C@@H]4C[C@@H]4C3)CCCCCCC[C@@H]1C2. The molecule has 8 atom stereocenters. The number of rotatable bonds is 13. The molecule has 1 aromatic carbocycles. The summed E-state index contributed by atoms with van der Waals surface area (Å²) in [5, 5.41) is 7.09. The summed E-state index contributed by atoms with van der Waals surface area (Å²) in [4.78, 5) is 70.2. The Kier molecular flexibility index (Phi) is 13.8. The fourth-order valence-electron chi connectivity index (χ4n) is 11.0. The van der Waals surface area contributed by atoms with E-state index in [0.717, 1.165) is 76.1 Å². The number of fused-ring (bicyclic) bond motifs is 4. The lowest BCUT2D eigenvalue weighted by Crippen LogP contribution is -2.45. The molecule has 3 saturated heterocycles. The van der Waals surface area contributed by atoms with E-state index in [0.29, 0.717) is 83.3 Å². The Bertz CT molecular complexity index is 2200. The van der Waals surface area contributed by atoms with Crippen molar-refractivity contribution in [3.63, 3.8) is 0 Å². The standard InChI is InChI=1S/C49H64ClN5O8S/c1-29(2)51-48-53-39(28-64-48)38-24-43(37-11-12-42(45(50)46(37)52-38)61-18-15-54-13-16-60-17-14-54)62-36-23-40-41(57)26-49(30(3)56)25-34(49)10-8-6-4-5-7-9-31(47(59)55(40)27-36)22-44(58)63-35-20-32-19-33(32)21-35/h11-12,24,28-29,31-36,40H,4-10,13-23,25-27H2,1-3H3,(H,51,53)/t31-,32-,33+,34-,35?,36-,40+,49+/m1/s1. The van der Waals surface area contributed by atoms with Gasteiger partial charge >= 0.3 is 5.97 Å². The molecule has 0 radical (unpaired) electrons. The van der Waals surface area contributed by atoms with E-state index in [-0.39, 0.29) is 67.3 Å². The number of nitrogens with one attached hydrogen (secondary N) is 1. The third kappa shape index (κ3) is 10.2. The summed E-state index contributed by atoms with van der Waals surface area (Å²) in [5.41, 5.74) is 1.02. The zero-order valence-electron chi connectivity index (χ0n) is 37.6. The van der Waals surface area contributed by atoms with Gasteiger partial charge in [0.05, 0.1) is 43.4 Å². The molecule has 15 heteroatoms. The summed E-state index contributed by atoms with van der Waals surface area (Å²) in [6.45, 7) is 10.2. The number of halogens is 1. The van der Waals surface area contributed by atoms with Crippen LogP contribution in [0.2, 0.25) is 5.02 Å². The van der Waals surface area contributed by atoms with Gasteiger partial charge in [-0.3, -0.25) is 24.1 Å². The van der Waals surface area contributed by atoms with Gasteiger partial charge in [0, 0.05) is 66.7 Å². The predicted molar refractivity (Wildman–Crippen MR) is 246 cm³/mol. The second-order valence-corrected chi connectivity index (χ2v) is 21.0. The fourth-order valence-corrected chi connectivity index (χ4v) is 12.1. The van der Waals surface area contributed by atoms with E-state index in [9.17, 15) is 19.2 Å². The number of nitrogens with zero attached hydrogens (tertiary/aromatic N) is 4. The van der Waals surface area contributed by atoms with Gasteiger partial charge in [0.25, 0.3) is 0 Å². The van der Waals surface area contributed by atoms with Crippen LogP contribution in [-0.4, -0.2) is 114 Å². The summed E-state index contributed by atoms with van der Waals surface area (Å²) in [7, 11) is 0. The highest BCUT2D eigenvalue weighted by atomic mass is 35.5. The minimum atomic E-state index is -0.800. The number of hydrogen-bond donors (Lipinski definition) is 1. The number of carbonyl (C=O) groups is 4. The number of benzene rings is 1. The first-order valence-corrected chi connectivity index (χ1v) is 25.2. The maximum atomic E-state index is 14.9. The van der Waals surface area contributed by atoms with Crippen molar-refractivity contribution in [1.29, 1.82) is 0 Å². The van der Waals surface area contributed by atoms with Crippen molar-refractivity contribution < 1.29 is 38.1 Å². The highest BCUT2D eigenvalue weighted by molar-refractivity contribution is 7.14. The Morgan fingerprint density at radius 1 is 0.969 bits per heavy atom. The highest BCUT2D eigenvalue weighted by Gasteiger charge is 2.59. The van der Waals surface area contributed by atoms with Gasteiger partial charge in [0.2, 0.25) is 5.91 Å². The van der Waals surface area contributed by atoms with E-state index in [2.05, 4.69) is 24.1 Å². The van der Waals surface area contributed by atoms with E-state index in [1.807, 2.05) is 23.6 Å².